The summed E-state index contributed by atoms with van der Waals surface area (Å²) in [5.41, 5.74) is 12.2. The first kappa shape index (κ1) is 88.5. The number of esters is 2. The Hall–Kier alpha value is -9.40. The fourth-order valence-corrected chi connectivity index (χ4v) is 15.5. The van der Waals surface area contributed by atoms with E-state index < -0.39 is 178 Å². The molecular formula is C67H88ClF8N19O17P2. The van der Waals surface area contributed by atoms with Crippen LogP contribution in [-0.4, -0.2) is 222 Å². The number of hydrogen-bond donors (Lipinski definition) is 10. The van der Waals surface area contributed by atoms with Crippen molar-refractivity contribution in [3.05, 3.63) is 114 Å². The SMILES string of the molecule is CC(C)OC(=O)[C@H](C)N[P@](=O)(OC[C@H]1O[C@@H](n2cnc3c(N(C)C)nc(N)nc32)[C@](C)(F)[C@@H]1O)Oc1ccccc1.CC(C)OC(=O)[C@H](C)N[P@](=O)(Oc1ccccc1)c1c(F)c(F)c(F)c(F)c1F.CN(C)c1nc(N)nc2c1ncn2[C@@H]1O[C@H](CO)[C@@H](O)[C@@]1(C)F.C[C@@]1(F)[C@H](O)[C@@H](CO)O[C@H]1n1cnc2c(Cl)nc(N)nc21.[HH].[HH]. The van der Waals surface area contributed by atoms with E-state index in [2.05, 4.69) is 49.9 Å². The van der Waals surface area contributed by atoms with Crippen molar-refractivity contribution in [2.45, 2.75) is 159 Å². The van der Waals surface area contributed by atoms with E-state index in [1.165, 1.54) is 91.6 Å². The Balaban J connectivity index is 0.000000220. The Kier molecular flexibility index (Phi) is 27.5. The molecule has 3 aliphatic heterocycles. The Labute approximate surface area is 652 Å². The molecule has 626 valence electrons. The Bertz CT molecular complexity index is 5000. The number of para-hydroxylation sites is 2. The molecule has 9 heterocycles. The van der Waals surface area contributed by atoms with Crippen LogP contribution in [-0.2, 0) is 46.9 Å². The van der Waals surface area contributed by atoms with E-state index in [-0.39, 0.29) is 54.2 Å². The van der Waals surface area contributed by atoms with Gasteiger partial charge in [-0.25, -0.2) is 59.7 Å². The van der Waals surface area contributed by atoms with Gasteiger partial charge in [-0.3, -0.25) is 32.4 Å². The lowest BCUT2D eigenvalue weighted by Crippen LogP contribution is -2.41. The molecule has 0 radical (unpaired) electrons. The second-order valence-electron chi connectivity index (χ2n) is 27.4. The maximum Gasteiger partial charge on any atom is 0.459 e. The number of imidazole rings is 3. The topological polar surface area (TPSA) is 483 Å². The predicted octanol–water partition coefficient (Wildman–Crippen LogP) is 6.79. The van der Waals surface area contributed by atoms with Crippen LogP contribution in [0.5, 0.6) is 11.5 Å². The van der Waals surface area contributed by atoms with Crippen LogP contribution in [0.2, 0.25) is 5.15 Å². The lowest BCUT2D eigenvalue weighted by Gasteiger charge is -2.25. The van der Waals surface area contributed by atoms with Gasteiger partial charge in [0, 0.05) is 31.0 Å². The molecule has 12 rings (SSSR count). The van der Waals surface area contributed by atoms with Crippen LogP contribution in [0.25, 0.3) is 33.5 Å². The smallest absolute Gasteiger partial charge is 0.459 e. The first-order valence-corrected chi connectivity index (χ1v) is 38.0. The van der Waals surface area contributed by atoms with E-state index in [0.29, 0.717) is 28.3 Å². The second-order valence-corrected chi connectivity index (χ2v) is 31.5. The van der Waals surface area contributed by atoms with Crippen molar-refractivity contribution in [3.8, 4) is 11.5 Å². The highest BCUT2D eigenvalue weighted by molar-refractivity contribution is 7.65. The molecule has 47 heteroatoms. The molecule has 16 atom stereocenters. The number of halogens is 9. The quantitative estimate of drug-likeness (QED) is 0.00786. The molecule has 13 N–H and O–H groups in total. The van der Waals surface area contributed by atoms with Gasteiger partial charge < -0.3 is 85.3 Å². The fraction of sp³-hybridized carbons (Fsp3) is 0.478. The highest BCUT2D eigenvalue weighted by Crippen LogP contribution is 2.50. The molecular weight excluding hydrogens is 1590 g/mol. The fourth-order valence-electron chi connectivity index (χ4n) is 11.7. The highest BCUT2D eigenvalue weighted by Gasteiger charge is 2.58. The molecule has 114 heavy (non-hydrogen) atoms. The van der Waals surface area contributed by atoms with Gasteiger partial charge in [0.2, 0.25) is 23.7 Å². The molecule has 0 unspecified atom stereocenters. The molecule has 3 aliphatic rings. The maximum absolute atomic E-state index is 16.0. The number of anilines is 5. The first-order valence-electron chi connectivity index (χ1n) is 34.4. The summed E-state index contributed by atoms with van der Waals surface area (Å²) in [6.45, 7) is 10.9. The minimum Gasteiger partial charge on any atom is -0.462 e. The minimum atomic E-state index is -5.04. The van der Waals surface area contributed by atoms with Gasteiger partial charge in [0.1, 0.15) is 71.0 Å². The molecule has 6 aromatic heterocycles. The van der Waals surface area contributed by atoms with Crippen LogP contribution >= 0.6 is 26.9 Å². The number of hydrogen-bond acceptors (Lipinski definition) is 31. The van der Waals surface area contributed by atoms with Gasteiger partial charge in [-0.2, -0.15) is 35.0 Å². The third-order valence-electron chi connectivity index (χ3n) is 17.3. The Morgan fingerprint density at radius 1 is 0.553 bits per heavy atom. The van der Waals surface area contributed by atoms with Crippen LogP contribution in [0.3, 0.4) is 0 Å². The van der Waals surface area contributed by atoms with Gasteiger partial charge in [-0.1, -0.05) is 48.0 Å². The van der Waals surface area contributed by atoms with Crippen molar-refractivity contribution < 1.29 is 119 Å². The monoisotopic (exact) mass is 1680 g/mol. The van der Waals surface area contributed by atoms with Crippen molar-refractivity contribution >= 4 is 107 Å². The van der Waals surface area contributed by atoms with Crippen molar-refractivity contribution in [2.75, 3.05) is 75.0 Å². The number of aliphatic hydroxyl groups is 5. The molecule has 0 aliphatic carbocycles. The number of alkyl halides is 3. The predicted molar refractivity (Wildman–Crippen MR) is 398 cm³/mol. The van der Waals surface area contributed by atoms with Crippen LogP contribution < -0.4 is 51.5 Å². The number of nitrogen functional groups attached to an aromatic ring is 3. The number of nitrogens with zero attached hydrogens (tertiary/aromatic N) is 14. The number of nitrogens with two attached hydrogens (primary N) is 3. The van der Waals surface area contributed by atoms with E-state index in [4.69, 9.17) is 71.2 Å². The van der Waals surface area contributed by atoms with Gasteiger partial charge in [-0.15, -0.1) is 0 Å². The molecule has 9 aromatic rings. The minimum absolute atomic E-state index is 0. The second kappa shape index (κ2) is 35.4. The van der Waals surface area contributed by atoms with Crippen LogP contribution in [0.15, 0.2) is 79.6 Å². The van der Waals surface area contributed by atoms with Gasteiger partial charge in [0.25, 0.3) is 0 Å². The zero-order chi connectivity index (χ0) is 84.3. The summed E-state index contributed by atoms with van der Waals surface area (Å²) in [5.74, 6) is -12.6. The van der Waals surface area contributed by atoms with Crippen molar-refractivity contribution in [1.29, 1.82) is 0 Å². The van der Waals surface area contributed by atoms with E-state index in [9.17, 15) is 69.9 Å². The molecule has 0 bridgehead atoms. The Morgan fingerprint density at radius 3 is 1.27 bits per heavy atom. The number of benzene rings is 3. The summed E-state index contributed by atoms with van der Waals surface area (Å²) in [6.07, 6.45) is -8.88. The number of fused-ring (bicyclic) bond motifs is 3. The van der Waals surface area contributed by atoms with E-state index in [1.54, 1.807) is 88.2 Å². The standard InChI is InChI=1S/C25H35FN7O7P.C18H17F5NO4P.C13H19FN6O3.C11H13ClFN5O3.2H2/c1-14(2)38-22(35)15(3)31-41(36,40-16-10-8-7-9-11-16)37-12-17-19(34)25(4,26)23(39-17)33-13-28-18-20(32(5)6)29-24(27)30-21(18)33;1-9(2)27-18(25)10(3)24-29(26,28-11-7-5-4-6-8-11)17-15(22)13(20)12(19)14(21)16(17)23;1-13(14)8(22)6(4-21)23-11(13)20-5-16-7-9(19(2)3)17-12(15)18-10(7)20;1-11(13)6(20)4(2-19)21-9(11)18-3-15-5-7(12)16-10(14)17-8(5)18;;/h7-11,13-15,17,19,23,34H,12H2,1-6H3,(H,31,36)(H2,27,29,30);4-10H,1-3H3,(H,24,26);5-6,8,11,21-22H,4H2,1-3H3,(H2,15,17,18);3-4,6,9,19-20H,2H2,1H3,(H2,14,16,17);2*1H/t15-,17+,19+,23+,25+,41-;10-,29+;6-,8-,11-,13-;4-,6-,9-,11-;;/m0011../s1. The zero-order valence-electron chi connectivity index (χ0n) is 63.1. The number of rotatable bonds is 23. The van der Waals surface area contributed by atoms with Gasteiger partial charge in [0.15, 0.2) is 104 Å². The maximum atomic E-state index is 16.0. The van der Waals surface area contributed by atoms with Crippen molar-refractivity contribution in [3.63, 3.8) is 0 Å². The summed E-state index contributed by atoms with van der Waals surface area (Å²) in [7, 11) is -2.29. The lowest BCUT2D eigenvalue weighted by atomic mass is 9.98. The first-order chi connectivity index (χ1) is 53.3. The van der Waals surface area contributed by atoms with Gasteiger partial charge >= 0.3 is 27.2 Å². The van der Waals surface area contributed by atoms with Gasteiger partial charge in [0.05, 0.1) is 51.0 Å². The van der Waals surface area contributed by atoms with Gasteiger partial charge in [-0.05, 0) is 86.6 Å². The number of aromatic nitrogens is 12. The van der Waals surface area contributed by atoms with Crippen LogP contribution in [0.1, 0.15) is 83.9 Å². The lowest BCUT2D eigenvalue weighted by molar-refractivity contribution is -0.149. The average Bonchev–Trinajstić information content (AvgIpc) is 1.58. The third kappa shape index (κ3) is 18.8. The van der Waals surface area contributed by atoms with Crippen molar-refractivity contribution in [1.82, 2.24) is 68.7 Å². The molecule has 3 saturated heterocycles. The molecule has 3 fully saturated rings. The largest absolute Gasteiger partial charge is 0.462 e. The number of carbonyl (C=O) groups excluding carboxylic acids is 2. The normalized spacial score (nSPS) is 24.9. The summed E-state index contributed by atoms with van der Waals surface area (Å²) >= 11 is 5.91. The molecule has 3 aromatic carbocycles. The van der Waals surface area contributed by atoms with Crippen LogP contribution in [0, 0.1) is 29.1 Å². The molecule has 0 amide bonds. The number of carbonyl (C=O) groups is 2. The molecule has 0 saturated carbocycles. The van der Waals surface area contributed by atoms with Crippen molar-refractivity contribution in [2.24, 2.45) is 0 Å². The highest BCUT2D eigenvalue weighted by atomic mass is 35.5. The van der Waals surface area contributed by atoms with E-state index in [1.807, 2.05) is 5.09 Å². The van der Waals surface area contributed by atoms with E-state index >= 15 is 4.39 Å². The number of aliphatic hydroxyl groups excluding tert-OH is 5. The zero-order valence-corrected chi connectivity index (χ0v) is 65.6. The van der Waals surface area contributed by atoms with E-state index in [0.717, 1.165) is 13.8 Å². The summed E-state index contributed by atoms with van der Waals surface area (Å²) in [6, 6.07) is 12.5. The number of nitrogens with one attached hydrogen (secondary N) is 2. The summed E-state index contributed by atoms with van der Waals surface area (Å²) in [5, 5.41) is 52.1. The summed E-state index contributed by atoms with van der Waals surface area (Å²) < 4.78 is 189. The Morgan fingerprint density at radius 2 is 0.895 bits per heavy atom. The summed E-state index contributed by atoms with van der Waals surface area (Å²) in [4.78, 5) is 64.7. The molecule has 0 spiro atoms. The number of ether oxygens (including phenoxy) is 5. The third-order valence-corrected chi connectivity index (χ3v) is 21.4. The molecule has 36 nitrogen and oxygen atoms in total. The van der Waals surface area contributed by atoms with Crippen LogP contribution in [0.4, 0.5) is 64.6 Å². The average molecular weight is 1680 g/mol.